The maximum absolute atomic E-state index is 13.5. The lowest BCUT2D eigenvalue weighted by atomic mass is 9.83. The van der Waals surface area contributed by atoms with Crippen molar-refractivity contribution >= 4 is 11.8 Å². The summed E-state index contributed by atoms with van der Waals surface area (Å²) in [5, 5.41) is 3.16. The number of carbonyl (C=O) groups is 2. The van der Waals surface area contributed by atoms with Crippen molar-refractivity contribution in [3.8, 4) is 5.75 Å². The summed E-state index contributed by atoms with van der Waals surface area (Å²) in [4.78, 5) is 30.6. The summed E-state index contributed by atoms with van der Waals surface area (Å²) >= 11 is 0. The number of nitrogens with one attached hydrogen (secondary N) is 1. The van der Waals surface area contributed by atoms with Crippen LogP contribution in [-0.2, 0) is 22.7 Å². The van der Waals surface area contributed by atoms with Crippen LogP contribution < -0.4 is 10.1 Å². The normalized spacial score (nSPS) is 18.3. The van der Waals surface area contributed by atoms with Crippen LogP contribution in [0.4, 0.5) is 0 Å². The van der Waals surface area contributed by atoms with E-state index in [2.05, 4.69) is 43.2 Å². The predicted molar refractivity (Wildman–Crippen MR) is 135 cm³/mol. The Balaban J connectivity index is 1.80. The summed E-state index contributed by atoms with van der Waals surface area (Å²) in [7, 11) is 3.74. The number of piperidine rings is 1. The Morgan fingerprint density at radius 2 is 1.91 bits per heavy atom. The number of amides is 2. The number of unbranched alkanes of at least 4 members (excludes halogenated alkanes) is 1. The smallest absolute Gasteiger partial charge is 0.225 e. The van der Waals surface area contributed by atoms with Gasteiger partial charge in [0, 0.05) is 31.6 Å². The van der Waals surface area contributed by atoms with Gasteiger partial charge in [0.1, 0.15) is 5.75 Å². The zero-order valence-corrected chi connectivity index (χ0v) is 21.0. The first-order valence-corrected chi connectivity index (χ1v) is 12.4. The highest BCUT2D eigenvalue weighted by molar-refractivity contribution is 5.85. The van der Waals surface area contributed by atoms with Gasteiger partial charge in [0.15, 0.2) is 0 Å². The molecule has 34 heavy (non-hydrogen) atoms. The lowest BCUT2D eigenvalue weighted by Gasteiger charge is -2.41. The van der Waals surface area contributed by atoms with Gasteiger partial charge in [-0.1, -0.05) is 62.7 Å². The van der Waals surface area contributed by atoms with Gasteiger partial charge in [-0.15, -0.1) is 0 Å². The first kappa shape index (κ1) is 25.8. The van der Waals surface area contributed by atoms with Crippen LogP contribution in [0.25, 0.3) is 0 Å². The fraction of sp³-hybridized carbons (Fsp3) is 0.500. The van der Waals surface area contributed by atoms with Crippen molar-refractivity contribution < 1.29 is 14.3 Å². The summed E-state index contributed by atoms with van der Waals surface area (Å²) in [6.07, 6.45) is 2.83. The van der Waals surface area contributed by atoms with E-state index in [0.29, 0.717) is 31.7 Å². The SMILES string of the molecule is CCCCN1C(=O)CCC(C(=O)NCc2cccc(CN(C)CC)c2)C1c1ccccc1OC. The lowest BCUT2D eigenvalue weighted by Crippen LogP contribution is -2.48. The van der Waals surface area contributed by atoms with E-state index in [4.69, 9.17) is 4.74 Å². The van der Waals surface area contributed by atoms with Crippen molar-refractivity contribution in [2.75, 3.05) is 27.2 Å². The molecule has 1 N–H and O–H groups in total. The molecule has 0 aromatic heterocycles. The molecule has 2 aromatic carbocycles. The molecule has 0 aliphatic carbocycles. The van der Waals surface area contributed by atoms with Crippen LogP contribution in [0.1, 0.15) is 62.3 Å². The second-order valence-electron chi connectivity index (χ2n) is 9.14. The molecule has 2 amide bonds. The third-order valence-corrected chi connectivity index (χ3v) is 6.70. The highest BCUT2D eigenvalue weighted by atomic mass is 16.5. The fourth-order valence-corrected chi connectivity index (χ4v) is 4.70. The molecule has 1 fully saturated rings. The minimum Gasteiger partial charge on any atom is -0.496 e. The largest absolute Gasteiger partial charge is 0.496 e. The molecule has 1 aliphatic heterocycles. The minimum atomic E-state index is -0.325. The molecule has 2 atom stereocenters. The zero-order chi connectivity index (χ0) is 24.5. The molecule has 184 valence electrons. The zero-order valence-electron chi connectivity index (χ0n) is 21.0. The van der Waals surface area contributed by atoms with E-state index >= 15 is 0 Å². The highest BCUT2D eigenvalue weighted by Gasteiger charge is 2.41. The summed E-state index contributed by atoms with van der Waals surface area (Å²) in [6.45, 7) is 7.24. The van der Waals surface area contributed by atoms with Crippen molar-refractivity contribution in [2.45, 2.75) is 58.7 Å². The molecular formula is C28H39N3O3. The molecule has 2 unspecified atom stereocenters. The van der Waals surface area contributed by atoms with Crippen molar-refractivity contribution in [1.82, 2.24) is 15.1 Å². The molecule has 6 nitrogen and oxygen atoms in total. The van der Waals surface area contributed by atoms with E-state index in [9.17, 15) is 9.59 Å². The third-order valence-electron chi connectivity index (χ3n) is 6.70. The molecule has 1 aliphatic rings. The van der Waals surface area contributed by atoms with E-state index in [1.165, 1.54) is 5.56 Å². The molecule has 0 bridgehead atoms. The van der Waals surface area contributed by atoms with Crippen molar-refractivity contribution in [1.29, 1.82) is 0 Å². The van der Waals surface area contributed by atoms with Gasteiger partial charge in [0.25, 0.3) is 0 Å². The number of rotatable bonds is 11. The highest BCUT2D eigenvalue weighted by Crippen LogP contribution is 2.40. The van der Waals surface area contributed by atoms with Crippen LogP contribution in [-0.4, -0.2) is 48.9 Å². The second-order valence-corrected chi connectivity index (χ2v) is 9.14. The number of carbonyl (C=O) groups excluding carboxylic acids is 2. The molecule has 1 saturated heterocycles. The lowest BCUT2D eigenvalue weighted by molar-refractivity contribution is -0.143. The first-order chi connectivity index (χ1) is 16.5. The first-order valence-electron chi connectivity index (χ1n) is 12.4. The van der Waals surface area contributed by atoms with Crippen LogP contribution in [0.15, 0.2) is 48.5 Å². The predicted octanol–water partition coefficient (Wildman–Crippen LogP) is 4.54. The molecule has 0 radical (unpaired) electrons. The number of ether oxygens (including phenoxy) is 1. The van der Waals surface area contributed by atoms with Crippen molar-refractivity contribution in [3.63, 3.8) is 0 Å². The molecule has 0 spiro atoms. The van der Waals surface area contributed by atoms with Gasteiger partial charge in [-0.25, -0.2) is 0 Å². The number of para-hydroxylation sites is 1. The van der Waals surface area contributed by atoms with Crippen molar-refractivity contribution in [2.24, 2.45) is 5.92 Å². The second kappa shape index (κ2) is 12.6. The van der Waals surface area contributed by atoms with E-state index in [1.807, 2.05) is 41.3 Å². The molecule has 2 aromatic rings. The summed E-state index contributed by atoms with van der Waals surface area (Å²) in [5.74, 6) is 0.497. The number of hydrogen-bond acceptors (Lipinski definition) is 4. The number of methoxy groups -OCH3 is 1. The standard InChI is InChI=1S/C28H39N3O3/c1-5-7-17-31-26(32)16-15-24(27(31)23-13-8-9-14-25(23)34-4)28(33)29-19-21-11-10-12-22(18-21)20-30(3)6-2/h8-14,18,24,27H,5-7,15-17,19-20H2,1-4H3,(H,29,33). The topological polar surface area (TPSA) is 61.9 Å². The molecule has 3 rings (SSSR count). The van der Waals surface area contributed by atoms with Gasteiger partial charge in [-0.05, 0) is 43.6 Å². The molecule has 0 saturated carbocycles. The Morgan fingerprint density at radius 1 is 1.15 bits per heavy atom. The van der Waals surface area contributed by atoms with Crippen LogP contribution in [0.3, 0.4) is 0 Å². The number of likely N-dealkylation sites (tertiary alicyclic amines) is 1. The van der Waals surface area contributed by atoms with Gasteiger partial charge in [-0.2, -0.15) is 0 Å². The number of nitrogens with zero attached hydrogens (tertiary/aromatic N) is 2. The van der Waals surface area contributed by atoms with Gasteiger partial charge in [-0.3, -0.25) is 9.59 Å². The quantitative estimate of drug-likeness (QED) is 0.529. The van der Waals surface area contributed by atoms with Crippen LogP contribution >= 0.6 is 0 Å². The van der Waals surface area contributed by atoms with Crippen LogP contribution in [0.2, 0.25) is 0 Å². The average molecular weight is 466 g/mol. The Labute approximate surface area is 204 Å². The summed E-state index contributed by atoms with van der Waals surface area (Å²) in [6, 6.07) is 15.8. The van der Waals surface area contributed by atoms with Gasteiger partial charge in [0.05, 0.1) is 19.1 Å². The Morgan fingerprint density at radius 3 is 2.65 bits per heavy atom. The Hall–Kier alpha value is -2.86. The average Bonchev–Trinajstić information content (AvgIpc) is 2.86. The number of hydrogen-bond donors (Lipinski definition) is 1. The van der Waals surface area contributed by atoms with Crippen LogP contribution in [0, 0.1) is 5.92 Å². The monoisotopic (exact) mass is 465 g/mol. The Kier molecular flexibility index (Phi) is 9.52. The van der Waals surface area contributed by atoms with E-state index < -0.39 is 0 Å². The fourth-order valence-electron chi connectivity index (χ4n) is 4.70. The van der Waals surface area contributed by atoms with Crippen LogP contribution in [0.5, 0.6) is 5.75 Å². The number of benzene rings is 2. The maximum Gasteiger partial charge on any atom is 0.225 e. The van der Waals surface area contributed by atoms with E-state index in [-0.39, 0.29) is 23.8 Å². The summed E-state index contributed by atoms with van der Waals surface area (Å²) in [5.41, 5.74) is 3.22. The van der Waals surface area contributed by atoms with Gasteiger partial charge in [0.2, 0.25) is 11.8 Å². The maximum atomic E-state index is 13.5. The third kappa shape index (κ3) is 6.38. The van der Waals surface area contributed by atoms with Gasteiger partial charge >= 0.3 is 0 Å². The Bertz CT molecular complexity index is 961. The summed E-state index contributed by atoms with van der Waals surface area (Å²) < 4.78 is 5.62. The molecular weight excluding hydrogens is 426 g/mol. The minimum absolute atomic E-state index is 0.0130. The van der Waals surface area contributed by atoms with Crippen molar-refractivity contribution in [3.05, 3.63) is 65.2 Å². The van der Waals surface area contributed by atoms with Gasteiger partial charge < -0.3 is 19.9 Å². The molecule has 6 heteroatoms. The van der Waals surface area contributed by atoms with E-state index in [0.717, 1.165) is 37.1 Å². The van der Waals surface area contributed by atoms with E-state index in [1.54, 1.807) is 7.11 Å². The molecule has 1 heterocycles.